The van der Waals surface area contributed by atoms with Crippen molar-refractivity contribution in [2.24, 2.45) is 0 Å². The Labute approximate surface area is 199 Å². The molecule has 0 spiro atoms. The van der Waals surface area contributed by atoms with Crippen molar-refractivity contribution in [2.45, 2.75) is 13.3 Å². The summed E-state index contributed by atoms with van der Waals surface area (Å²) in [6.07, 6.45) is 5.26. The number of aryl methyl sites for hydroxylation is 1. The van der Waals surface area contributed by atoms with Crippen LogP contribution in [0.1, 0.15) is 17.7 Å². The van der Waals surface area contributed by atoms with E-state index in [1.807, 2.05) is 21.5 Å². The SMILES string of the molecule is Cc1cccc(-c2ccn(-c3cc(N4CCOCC4)n4nc(C5=CCN(C)CC5)cc4n3)n2)c1. The maximum absolute atomic E-state index is 5.60. The zero-order chi connectivity index (χ0) is 23.1. The molecule has 0 aliphatic carbocycles. The first-order valence-electron chi connectivity index (χ1n) is 11.9. The van der Waals surface area contributed by atoms with Crippen molar-refractivity contribution in [2.75, 3.05) is 51.3 Å². The molecule has 1 saturated heterocycles. The number of ether oxygens (including phenoxy) is 1. The molecule has 1 aromatic carbocycles. The molecule has 2 aliphatic rings. The molecule has 0 unspecified atom stereocenters. The molecule has 8 nitrogen and oxygen atoms in total. The van der Waals surface area contributed by atoms with Gasteiger partial charge in [0.15, 0.2) is 11.5 Å². The third kappa shape index (κ3) is 3.99. The molecule has 8 heteroatoms. The van der Waals surface area contributed by atoms with Crippen molar-refractivity contribution in [3.63, 3.8) is 0 Å². The molecule has 0 bridgehead atoms. The standard InChI is InChI=1S/C26H29N7O/c1-19-4-3-5-21(16-19)22-8-11-32(28-22)24-18-26(31-12-14-34-15-13-31)33-25(27-24)17-23(29-33)20-6-9-30(2)10-7-20/h3-6,8,11,16-18H,7,9-10,12-15H2,1-2H3. The summed E-state index contributed by atoms with van der Waals surface area (Å²) in [6, 6.07) is 14.6. The molecule has 3 aromatic heterocycles. The minimum absolute atomic E-state index is 0.712. The fourth-order valence-electron chi connectivity index (χ4n) is 4.65. The van der Waals surface area contributed by atoms with Crippen LogP contribution in [0.15, 0.2) is 54.7 Å². The Hall–Kier alpha value is -3.49. The number of anilines is 1. The van der Waals surface area contributed by atoms with Crippen LogP contribution in [0.5, 0.6) is 0 Å². The van der Waals surface area contributed by atoms with E-state index in [2.05, 4.69) is 66.2 Å². The molecule has 34 heavy (non-hydrogen) atoms. The van der Waals surface area contributed by atoms with Gasteiger partial charge in [-0.15, -0.1) is 0 Å². The minimum atomic E-state index is 0.712. The van der Waals surface area contributed by atoms with Crippen LogP contribution in [0.4, 0.5) is 5.82 Å². The molecule has 1 fully saturated rings. The Morgan fingerprint density at radius 2 is 1.82 bits per heavy atom. The molecule has 0 amide bonds. The third-order valence-electron chi connectivity index (χ3n) is 6.61. The summed E-state index contributed by atoms with van der Waals surface area (Å²) in [5.74, 6) is 1.81. The van der Waals surface area contributed by atoms with Gasteiger partial charge in [-0.2, -0.15) is 14.7 Å². The van der Waals surface area contributed by atoms with Crippen molar-refractivity contribution in [1.29, 1.82) is 0 Å². The lowest BCUT2D eigenvalue weighted by Crippen LogP contribution is -2.37. The average molecular weight is 456 g/mol. The van der Waals surface area contributed by atoms with Crippen molar-refractivity contribution >= 4 is 17.0 Å². The van der Waals surface area contributed by atoms with E-state index in [0.717, 1.165) is 66.8 Å². The van der Waals surface area contributed by atoms with Crippen LogP contribution in [0.2, 0.25) is 0 Å². The summed E-state index contributed by atoms with van der Waals surface area (Å²) < 4.78 is 9.45. The molecule has 0 radical (unpaired) electrons. The summed E-state index contributed by atoms with van der Waals surface area (Å²) in [5, 5.41) is 9.84. The second-order valence-electron chi connectivity index (χ2n) is 9.13. The number of hydrogen-bond donors (Lipinski definition) is 0. The van der Waals surface area contributed by atoms with Crippen LogP contribution in [0, 0.1) is 6.92 Å². The van der Waals surface area contributed by atoms with Crippen LogP contribution in [0.3, 0.4) is 0 Å². The normalized spacial score (nSPS) is 17.4. The fraction of sp³-hybridized carbons (Fsp3) is 0.346. The highest BCUT2D eigenvalue weighted by Crippen LogP contribution is 2.27. The second-order valence-corrected chi connectivity index (χ2v) is 9.13. The topological polar surface area (TPSA) is 63.7 Å². The molecule has 174 valence electrons. The predicted molar refractivity (Wildman–Crippen MR) is 133 cm³/mol. The molecular weight excluding hydrogens is 426 g/mol. The van der Waals surface area contributed by atoms with Crippen LogP contribution < -0.4 is 4.90 Å². The van der Waals surface area contributed by atoms with E-state index >= 15 is 0 Å². The number of nitrogens with zero attached hydrogens (tertiary/aromatic N) is 7. The van der Waals surface area contributed by atoms with Crippen LogP contribution >= 0.6 is 0 Å². The van der Waals surface area contributed by atoms with E-state index in [0.29, 0.717) is 13.2 Å². The zero-order valence-electron chi connectivity index (χ0n) is 19.7. The van der Waals surface area contributed by atoms with E-state index in [1.54, 1.807) is 0 Å². The fourth-order valence-corrected chi connectivity index (χ4v) is 4.65. The van der Waals surface area contributed by atoms with Gasteiger partial charge in [0.1, 0.15) is 5.82 Å². The Balaban J connectivity index is 1.43. The van der Waals surface area contributed by atoms with Gasteiger partial charge in [-0.3, -0.25) is 0 Å². The maximum atomic E-state index is 5.60. The summed E-state index contributed by atoms with van der Waals surface area (Å²) in [6.45, 7) is 7.18. The van der Waals surface area contributed by atoms with Crippen molar-refractivity contribution in [1.82, 2.24) is 29.3 Å². The van der Waals surface area contributed by atoms with Gasteiger partial charge in [0, 0.05) is 50.1 Å². The van der Waals surface area contributed by atoms with Gasteiger partial charge < -0.3 is 14.5 Å². The molecule has 0 atom stereocenters. The highest BCUT2D eigenvalue weighted by atomic mass is 16.5. The van der Waals surface area contributed by atoms with E-state index in [-0.39, 0.29) is 0 Å². The van der Waals surface area contributed by atoms with Crippen LogP contribution in [-0.2, 0) is 4.74 Å². The van der Waals surface area contributed by atoms with E-state index in [4.69, 9.17) is 19.9 Å². The zero-order valence-corrected chi connectivity index (χ0v) is 19.7. The lowest BCUT2D eigenvalue weighted by Gasteiger charge is -2.29. The molecule has 2 aliphatic heterocycles. The molecule has 4 aromatic rings. The van der Waals surface area contributed by atoms with Gasteiger partial charge >= 0.3 is 0 Å². The Morgan fingerprint density at radius 1 is 0.941 bits per heavy atom. The second kappa shape index (κ2) is 8.70. The third-order valence-corrected chi connectivity index (χ3v) is 6.61. The quantitative estimate of drug-likeness (QED) is 0.470. The molecular formula is C26H29N7O. The summed E-state index contributed by atoms with van der Waals surface area (Å²) in [7, 11) is 2.15. The van der Waals surface area contributed by atoms with Gasteiger partial charge in [0.2, 0.25) is 0 Å². The van der Waals surface area contributed by atoms with E-state index < -0.39 is 0 Å². The van der Waals surface area contributed by atoms with Crippen LogP contribution in [0.25, 0.3) is 28.3 Å². The van der Waals surface area contributed by atoms with Gasteiger partial charge in [0.25, 0.3) is 0 Å². The average Bonchev–Trinajstić information content (AvgIpc) is 3.52. The lowest BCUT2D eigenvalue weighted by atomic mass is 10.1. The molecule has 0 N–H and O–H groups in total. The highest BCUT2D eigenvalue weighted by molar-refractivity contribution is 5.68. The smallest absolute Gasteiger partial charge is 0.160 e. The molecule has 0 saturated carbocycles. The first kappa shape index (κ1) is 21.1. The Bertz CT molecular complexity index is 1360. The van der Waals surface area contributed by atoms with Crippen molar-refractivity contribution in [3.05, 3.63) is 66.0 Å². The Morgan fingerprint density at radius 3 is 2.62 bits per heavy atom. The summed E-state index contributed by atoms with van der Waals surface area (Å²) >= 11 is 0. The maximum Gasteiger partial charge on any atom is 0.160 e. The van der Waals surface area contributed by atoms with Gasteiger partial charge in [-0.1, -0.05) is 29.8 Å². The Kier molecular flexibility index (Phi) is 5.39. The predicted octanol–water partition coefficient (Wildman–Crippen LogP) is 3.45. The number of morpholine rings is 1. The number of aromatic nitrogens is 5. The van der Waals surface area contributed by atoms with Crippen LogP contribution in [-0.4, -0.2) is 75.7 Å². The first-order valence-corrected chi connectivity index (χ1v) is 11.9. The number of benzene rings is 1. The van der Waals surface area contributed by atoms with E-state index in [9.17, 15) is 0 Å². The van der Waals surface area contributed by atoms with Crippen molar-refractivity contribution < 1.29 is 4.74 Å². The highest BCUT2D eigenvalue weighted by Gasteiger charge is 2.20. The van der Waals surface area contributed by atoms with Gasteiger partial charge in [-0.25, -0.2) is 9.67 Å². The largest absolute Gasteiger partial charge is 0.378 e. The molecule has 6 rings (SSSR count). The summed E-state index contributed by atoms with van der Waals surface area (Å²) in [5.41, 5.74) is 6.39. The summed E-state index contributed by atoms with van der Waals surface area (Å²) in [4.78, 5) is 9.60. The first-order chi connectivity index (χ1) is 16.6. The van der Waals surface area contributed by atoms with Gasteiger partial charge in [-0.05, 0) is 38.1 Å². The monoisotopic (exact) mass is 455 g/mol. The number of hydrogen-bond acceptors (Lipinski definition) is 6. The van der Waals surface area contributed by atoms with Gasteiger partial charge in [0.05, 0.1) is 24.6 Å². The van der Waals surface area contributed by atoms with E-state index in [1.165, 1.54) is 11.1 Å². The minimum Gasteiger partial charge on any atom is -0.378 e. The molecule has 5 heterocycles. The number of rotatable bonds is 4. The van der Waals surface area contributed by atoms with Crippen molar-refractivity contribution in [3.8, 4) is 17.1 Å². The number of likely N-dealkylation sites (N-methyl/N-ethyl adjacent to an activating group) is 1. The lowest BCUT2D eigenvalue weighted by molar-refractivity contribution is 0.122. The number of fused-ring (bicyclic) bond motifs is 1.